The van der Waals surface area contributed by atoms with E-state index in [1.54, 1.807) is 6.21 Å². The molecule has 2 heterocycles. The molecule has 1 aromatic carbocycles. The Bertz CT molecular complexity index is 749. The van der Waals surface area contributed by atoms with Crippen LogP contribution in [-0.2, 0) is 19.1 Å². The number of aromatic nitrogens is 2. The van der Waals surface area contributed by atoms with Gasteiger partial charge in [-0.25, -0.2) is 9.37 Å². The molecule has 1 aromatic heterocycles. The largest absolute Gasteiger partial charge is 0.416 e. The number of hydrogen-bond acceptors (Lipinski definition) is 2. The minimum atomic E-state index is -4.60. The Kier molecular flexibility index (Phi) is 3.80. The number of alkyl halides is 3. The summed E-state index contributed by atoms with van der Waals surface area (Å²) in [6.45, 7) is 1.11. The van der Waals surface area contributed by atoms with Gasteiger partial charge in [-0.15, -0.1) is 0 Å². The van der Waals surface area contributed by atoms with Crippen molar-refractivity contribution in [2.24, 2.45) is 4.99 Å². The van der Waals surface area contributed by atoms with Crippen LogP contribution in [0.2, 0.25) is 0 Å². The molecule has 0 atom stereocenters. The maximum atomic E-state index is 13.2. The van der Waals surface area contributed by atoms with Crippen LogP contribution >= 0.6 is 15.9 Å². The Balaban J connectivity index is 2.05. The van der Waals surface area contributed by atoms with Crippen molar-refractivity contribution in [3.8, 4) is 0 Å². The van der Waals surface area contributed by atoms with Crippen LogP contribution in [-0.4, -0.2) is 22.3 Å². The Labute approximate surface area is 131 Å². The molecule has 22 heavy (non-hydrogen) atoms. The molecule has 1 aliphatic rings. The average Bonchev–Trinajstić information content (AvgIpc) is 2.76. The number of rotatable bonds is 2. The summed E-state index contributed by atoms with van der Waals surface area (Å²) in [5.74, 6) is -0.304. The average molecular weight is 376 g/mol. The van der Waals surface area contributed by atoms with Crippen molar-refractivity contribution in [1.82, 2.24) is 9.55 Å². The number of nitrogens with zero attached hydrogens (tertiary/aromatic N) is 3. The zero-order chi connectivity index (χ0) is 15.9. The predicted octanol–water partition coefficient (Wildman–Crippen LogP) is 3.83. The van der Waals surface area contributed by atoms with Gasteiger partial charge < -0.3 is 4.57 Å². The molecule has 0 N–H and O–H groups in total. The third kappa shape index (κ3) is 2.79. The van der Waals surface area contributed by atoms with E-state index in [1.165, 1.54) is 6.07 Å². The van der Waals surface area contributed by atoms with E-state index in [0.717, 1.165) is 6.07 Å². The van der Waals surface area contributed by atoms with Crippen LogP contribution in [0.25, 0.3) is 0 Å². The van der Waals surface area contributed by atoms with Crippen molar-refractivity contribution in [2.75, 3.05) is 6.54 Å². The number of imidazole rings is 1. The SMILES string of the molecule is Fc1ccc(Cc2c(Br)nc3n2CCN=C3)c(C(F)(F)F)c1. The first-order valence-corrected chi connectivity index (χ1v) is 7.26. The molecule has 0 fully saturated rings. The van der Waals surface area contributed by atoms with Crippen LogP contribution in [0.1, 0.15) is 22.6 Å². The second-order valence-electron chi connectivity index (χ2n) is 4.87. The van der Waals surface area contributed by atoms with E-state index in [2.05, 4.69) is 25.9 Å². The fourth-order valence-electron chi connectivity index (χ4n) is 2.44. The van der Waals surface area contributed by atoms with E-state index in [4.69, 9.17) is 0 Å². The molecule has 0 saturated heterocycles. The number of hydrogen-bond donors (Lipinski definition) is 0. The molecule has 0 aliphatic carbocycles. The molecule has 2 aromatic rings. The zero-order valence-electron chi connectivity index (χ0n) is 11.2. The van der Waals surface area contributed by atoms with E-state index in [9.17, 15) is 17.6 Å². The number of halogens is 5. The summed E-state index contributed by atoms with van der Waals surface area (Å²) < 4.78 is 54.7. The molecule has 3 rings (SSSR count). The first kappa shape index (κ1) is 15.2. The van der Waals surface area contributed by atoms with Crippen molar-refractivity contribution in [3.05, 3.63) is 51.3 Å². The highest BCUT2D eigenvalue weighted by molar-refractivity contribution is 9.10. The van der Waals surface area contributed by atoms with Gasteiger partial charge in [-0.3, -0.25) is 4.99 Å². The smallest absolute Gasteiger partial charge is 0.324 e. The summed E-state index contributed by atoms with van der Waals surface area (Å²) in [5.41, 5.74) is -0.322. The van der Waals surface area contributed by atoms with Crippen LogP contribution < -0.4 is 0 Å². The Morgan fingerprint density at radius 1 is 1.27 bits per heavy atom. The Hall–Kier alpha value is -1.70. The lowest BCUT2D eigenvalue weighted by molar-refractivity contribution is -0.138. The highest BCUT2D eigenvalue weighted by Gasteiger charge is 2.34. The summed E-state index contributed by atoms with van der Waals surface area (Å²) >= 11 is 3.28. The van der Waals surface area contributed by atoms with Gasteiger partial charge in [0.05, 0.1) is 24.0 Å². The Morgan fingerprint density at radius 2 is 2.05 bits per heavy atom. The lowest BCUT2D eigenvalue weighted by Gasteiger charge is -2.15. The second-order valence-corrected chi connectivity index (χ2v) is 5.62. The van der Waals surface area contributed by atoms with Crippen LogP contribution in [0.15, 0.2) is 27.8 Å². The van der Waals surface area contributed by atoms with Gasteiger partial charge in [0.1, 0.15) is 10.4 Å². The monoisotopic (exact) mass is 375 g/mol. The number of aliphatic imine (C=N–C) groups is 1. The Morgan fingerprint density at radius 3 is 2.77 bits per heavy atom. The molecular formula is C14H10BrF4N3. The fraction of sp³-hybridized carbons (Fsp3) is 0.286. The third-order valence-corrected chi connectivity index (χ3v) is 4.08. The van der Waals surface area contributed by atoms with Gasteiger partial charge >= 0.3 is 6.18 Å². The molecule has 3 nitrogen and oxygen atoms in total. The quantitative estimate of drug-likeness (QED) is 0.733. The lowest BCUT2D eigenvalue weighted by Crippen LogP contribution is -2.16. The van der Waals surface area contributed by atoms with Gasteiger partial charge in [0, 0.05) is 13.0 Å². The van der Waals surface area contributed by atoms with Gasteiger partial charge in [0.25, 0.3) is 0 Å². The number of fused-ring (bicyclic) bond motifs is 1. The van der Waals surface area contributed by atoms with Crippen LogP contribution in [0.4, 0.5) is 17.6 Å². The normalized spacial score (nSPS) is 14.2. The maximum absolute atomic E-state index is 13.2. The van der Waals surface area contributed by atoms with E-state index in [-0.39, 0.29) is 12.0 Å². The minimum Gasteiger partial charge on any atom is -0.324 e. The topological polar surface area (TPSA) is 30.2 Å². The van der Waals surface area contributed by atoms with Crippen molar-refractivity contribution >= 4 is 22.1 Å². The van der Waals surface area contributed by atoms with Gasteiger partial charge in [0.15, 0.2) is 5.82 Å². The molecule has 8 heteroatoms. The highest BCUT2D eigenvalue weighted by Crippen LogP contribution is 2.34. The zero-order valence-corrected chi connectivity index (χ0v) is 12.7. The van der Waals surface area contributed by atoms with Crippen LogP contribution in [0.5, 0.6) is 0 Å². The van der Waals surface area contributed by atoms with Crippen LogP contribution in [0.3, 0.4) is 0 Å². The van der Waals surface area contributed by atoms with E-state index in [1.807, 2.05) is 4.57 Å². The molecule has 0 saturated carbocycles. The predicted molar refractivity (Wildman–Crippen MR) is 76.6 cm³/mol. The van der Waals surface area contributed by atoms with Crippen LogP contribution in [0, 0.1) is 5.82 Å². The third-order valence-electron chi connectivity index (χ3n) is 3.45. The molecule has 0 unspecified atom stereocenters. The number of benzene rings is 1. The van der Waals surface area contributed by atoms with E-state index < -0.39 is 17.6 Å². The molecule has 0 spiro atoms. The molecule has 116 valence electrons. The standard InChI is InChI=1S/C14H10BrF4N3/c15-13-11(22-4-3-20-7-12(22)21-13)5-8-1-2-9(16)6-10(8)14(17,18)19/h1-2,6-7H,3-5H2. The van der Waals surface area contributed by atoms with Crippen molar-refractivity contribution in [1.29, 1.82) is 0 Å². The van der Waals surface area contributed by atoms with Gasteiger partial charge in [-0.1, -0.05) is 6.07 Å². The van der Waals surface area contributed by atoms with E-state index >= 15 is 0 Å². The molecule has 0 bridgehead atoms. The molecule has 0 radical (unpaired) electrons. The minimum absolute atomic E-state index is 0.0105. The van der Waals surface area contributed by atoms with Crippen molar-refractivity contribution < 1.29 is 17.6 Å². The molecule has 0 amide bonds. The summed E-state index contributed by atoms with van der Waals surface area (Å²) in [6, 6.07) is 2.73. The van der Waals surface area contributed by atoms with Gasteiger partial charge in [-0.05, 0) is 33.6 Å². The maximum Gasteiger partial charge on any atom is 0.416 e. The molecular weight excluding hydrogens is 366 g/mol. The lowest BCUT2D eigenvalue weighted by atomic mass is 10.0. The highest BCUT2D eigenvalue weighted by atomic mass is 79.9. The molecule has 1 aliphatic heterocycles. The first-order valence-electron chi connectivity index (χ1n) is 6.46. The summed E-state index contributed by atoms with van der Waals surface area (Å²) in [7, 11) is 0. The van der Waals surface area contributed by atoms with Crippen molar-refractivity contribution in [3.63, 3.8) is 0 Å². The van der Waals surface area contributed by atoms with Crippen molar-refractivity contribution in [2.45, 2.75) is 19.1 Å². The second kappa shape index (κ2) is 5.49. The summed E-state index contributed by atoms with van der Waals surface area (Å²) in [4.78, 5) is 8.32. The van der Waals surface area contributed by atoms with Gasteiger partial charge in [-0.2, -0.15) is 13.2 Å². The fourth-order valence-corrected chi connectivity index (χ4v) is 2.98. The summed E-state index contributed by atoms with van der Waals surface area (Å²) in [6.07, 6.45) is -3.00. The first-order chi connectivity index (χ1) is 10.4. The summed E-state index contributed by atoms with van der Waals surface area (Å²) in [5, 5.41) is 0. The van der Waals surface area contributed by atoms with E-state index in [0.29, 0.717) is 35.3 Å². The van der Waals surface area contributed by atoms with Gasteiger partial charge in [0.2, 0.25) is 0 Å².